The Labute approximate surface area is 185 Å². The van der Waals surface area contributed by atoms with Gasteiger partial charge >= 0.3 is 11.2 Å². The van der Waals surface area contributed by atoms with Gasteiger partial charge in [0, 0.05) is 19.7 Å². The molecule has 158 valence electrons. The van der Waals surface area contributed by atoms with Crippen LogP contribution in [0.2, 0.25) is 0 Å². The fraction of sp³-hybridized carbons (Fsp3) is 0.261. The highest BCUT2D eigenvalue weighted by Crippen LogP contribution is 2.25. The molecule has 2 aliphatic rings. The number of carbonyl (C=O) groups is 3. The third kappa shape index (κ3) is 4.03. The van der Waals surface area contributed by atoms with Gasteiger partial charge < -0.3 is 0 Å². The normalized spacial score (nSPS) is 18.4. The van der Waals surface area contributed by atoms with Gasteiger partial charge in [-0.15, -0.1) is 0 Å². The van der Waals surface area contributed by atoms with E-state index < -0.39 is 12.1 Å². The number of hydrogen-bond acceptors (Lipinski definition) is 5. The standard InChI is InChI=1S/C23H23N4O3S/c1-15-9-11-16(12-10-15)13-27-19-20(25(2)23(30)26(3)21(19)29)24-22(27)31-14-18(28)17-7-5-4-6-8-17/h4-12,19H,13-14H2,1-3H3/q+1. The molecule has 0 bridgehead atoms. The molecule has 0 aromatic heterocycles. The SMILES string of the molecule is Cc1ccc(C[N+]2=C(SCC(=O)c3ccccc3)N=C3C2C(=O)N(C)C(=O)N3C)cc1. The van der Waals surface area contributed by atoms with E-state index in [1.807, 2.05) is 54.0 Å². The Balaban J connectivity index is 1.66. The van der Waals surface area contributed by atoms with Crippen LogP contribution in [0.1, 0.15) is 21.5 Å². The Morgan fingerprint density at radius 3 is 2.39 bits per heavy atom. The molecule has 31 heavy (non-hydrogen) atoms. The molecule has 0 saturated carbocycles. The molecular formula is C23H23N4O3S+. The van der Waals surface area contributed by atoms with E-state index in [0.29, 0.717) is 23.1 Å². The van der Waals surface area contributed by atoms with Crippen molar-refractivity contribution in [1.29, 1.82) is 0 Å². The number of hydrogen-bond donors (Lipinski definition) is 0. The first-order valence-corrected chi connectivity index (χ1v) is 10.9. The van der Waals surface area contributed by atoms with Crippen molar-refractivity contribution in [2.45, 2.75) is 19.5 Å². The number of aryl methyl sites for hydroxylation is 1. The molecule has 8 heteroatoms. The number of amides is 3. The number of ketones is 1. The van der Waals surface area contributed by atoms with Crippen LogP contribution in [-0.2, 0) is 11.3 Å². The van der Waals surface area contributed by atoms with Gasteiger partial charge in [0.05, 0.1) is 5.75 Å². The monoisotopic (exact) mass is 435 g/mol. The molecule has 2 aromatic rings. The Bertz CT molecular complexity index is 1110. The number of benzene rings is 2. The minimum absolute atomic E-state index is 0.0173. The maximum atomic E-state index is 13.0. The zero-order valence-electron chi connectivity index (χ0n) is 17.6. The highest BCUT2D eigenvalue weighted by molar-refractivity contribution is 8.14. The smallest absolute Gasteiger partial charge is 0.293 e. The van der Waals surface area contributed by atoms with Crippen LogP contribution in [0.5, 0.6) is 0 Å². The van der Waals surface area contributed by atoms with E-state index in [9.17, 15) is 14.4 Å². The van der Waals surface area contributed by atoms with Crippen LogP contribution in [0.3, 0.4) is 0 Å². The lowest BCUT2D eigenvalue weighted by Gasteiger charge is -2.30. The minimum Gasteiger partial charge on any atom is -0.293 e. The van der Waals surface area contributed by atoms with Gasteiger partial charge in [0.15, 0.2) is 5.78 Å². The summed E-state index contributed by atoms with van der Waals surface area (Å²) in [5, 5.41) is 0.563. The zero-order valence-corrected chi connectivity index (χ0v) is 18.4. The van der Waals surface area contributed by atoms with Gasteiger partial charge in [-0.2, -0.15) is 0 Å². The molecule has 1 atom stereocenters. The summed E-state index contributed by atoms with van der Waals surface area (Å²) in [6.45, 7) is 2.46. The Morgan fingerprint density at radius 2 is 1.71 bits per heavy atom. The van der Waals surface area contributed by atoms with Crippen LogP contribution in [0.15, 0.2) is 59.6 Å². The van der Waals surface area contributed by atoms with Crippen LogP contribution in [0, 0.1) is 6.92 Å². The number of carbonyl (C=O) groups excluding carboxylic acids is 3. The molecule has 0 spiro atoms. The molecule has 7 nitrogen and oxygen atoms in total. The van der Waals surface area contributed by atoms with Crippen molar-refractivity contribution < 1.29 is 19.0 Å². The minimum atomic E-state index is -0.691. The number of amidine groups is 2. The van der Waals surface area contributed by atoms with Crippen LogP contribution in [0.25, 0.3) is 0 Å². The van der Waals surface area contributed by atoms with Crippen molar-refractivity contribution in [3.63, 3.8) is 0 Å². The number of nitrogens with zero attached hydrogens (tertiary/aromatic N) is 4. The van der Waals surface area contributed by atoms with E-state index in [1.165, 1.54) is 23.7 Å². The molecule has 0 N–H and O–H groups in total. The van der Waals surface area contributed by atoms with Crippen molar-refractivity contribution in [1.82, 2.24) is 9.80 Å². The predicted molar refractivity (Wildman–Crippen MR) is 121 cm³/mol. The number of aliphatic imine (C=N–C) groups is 1. The first kappa shape index (κ1) is 21.0. The topological polar surface area (TPSA) is 73.1 Å². The molecule has 0 aliphatic carbocycles. The number of thioether (sulfide) groups is 1. The van der Waals surface area contributed by atoms with Gasteiger partial charge in [0.25, 0.3) is 17.8 Å². The Morgan fingerprint density at radius 1 is 1.03 bits per heavy atom. The van der Waals surface area contributed by atoms with Gasteiger partial charge in [-0.05, 0) is 29.2 Å². The lowest BCUT2D eigenvalue weighted by Crippen LogP contribution is -2.61. The second-order valence-corrected chi connectivity index (χ2v) is 8.53. The van der Waals surface area contributed by atoms with E-state index in [4.69, 9.17) is 0 Å². The van der Waals surface area contributed by atoms with Crippen LogP contribution >= 0.6 is 11.8 Å². The van der Waals surface area contributed by atoms with Gasteiger partial charge in [0.2, 0.25) is 0 Å². The predicted octanol–water partition coefficient (Wildman–Crippen LogP) is 2.78. The van der Waals surface area contributed by atoms with E-state index in [-0.39, 0.29) is 17.4 Å². The van der Waals surface area contributed by atoms with Crippen molar-refractivity contribution in [3.05, 3.63) is 71.3 Å². The second kappa shape index (κ2) is 8.47. The van der Waals surface area contributed by atoms with E-state index in [2.05, 4.69) is 4.99 Å². The number of fused-ring (bicyclic) bond motifs is 1. The van der Waals surface area contributed by atoms with Crippen molar-refractivity contribution in [3.8, 4) is 0 Å². The lowest BCUT2D eigenvalue weighted by atomic mass is 10.1. The largest absolute Gasteiger partial charge is 0.358 e. The molecule has 1 unspecified atom stereocenters. The fourth-order valence-electron chi connectivity index (χ4n) is 3.58. The molecule has 0 radical (unpaired) electrons. The van der Waals surface area contributed by atoms with Gasteiger partial charge in [0.1, 0.15) is 6.54 Å². The molecule has 2 heterocycles. The molecule has 1 fully saturated rings. The summed E-state index contributed by atoms with van der Waals surface area (Å²) in [6, 6.07) is 16.0. The highest BCUT2D eigenvalue weighted by Gasteiger charge is 2.53. The summed E-state index contributed by atoms with van der Waals surface area (Å²) in [5.41, 5.74) is 2.80. The summed E-state index contributed by atoms with van der Waals surface area (Å²) in [6.07, 6.45) is 0. The highest BCUT2D eigenvalue weighted by atomic mass is 32.2. The van der Waals surface area contributed by atoms with Crippen molar-refractivity contribution in [2.75, 3.05) is 19.8 Å². The number of urea groups is 1. The maximum absolute atomic E-state index is 13.0. The van der Waals surface area contributed by atoms with Crippen LogP contribution in [-0.4, -0.2) is 69.0 Å². The van der Waals surface area contributed by atoms with Gasteiger partial charge in [-0.25, -0.2) is 9.37 Å². The summed E-state index contributed by atoms with van der Waals surface area (Å²) in [4.78, 5) is 45.1. The summed E-state index contributed by atoms with van der Waals surface area (Å²) in [5.74, 6) is 0.250. The second-order valence-electron chi connectivity index (χ2n) is 7.59. The average molecular weight is 436 g/mol. The first-order valence-electron chi connectivity index (χ1n) is 9.91. The molecule has 2 aliphatic heterocycles. The summed E-state index contributed by atoms with van der Waals surface area (Å²) >= 11 is 1.29. The quantitative estimate of drug-likeness (QED) is 0.535. The Kier molecular flexibility index (Phi) is 5.73. The third-order valence-corrected chi connectivity index (χ3v) is 6.39. The third-order valence-electron chi connectivity index (χ3n) is 5.40. The Hall–Kier alpha value is -3.26. The summed E-state index contributed by atoms with van der Waals surface area (Å²) < 4.78 is 1.88. The van der Waals surface area contributed by atoms with Crippen molar-refractivity contribution in [2.24, 2.45) is 4.99 Å². The molecular weight excluding hydrogens is 412 g/mol. The lowest BCUT2D eigenvalue weighted by molar-refractivity contribution is -0.548. The molecule has 4 rings (SSSR count). The van der Waals surface area contributed by atoms with E-state index >= 15 is 0 Å². The maximum Gasteiger partial charge on any atom is 0.358 e. The summed E-state index contributed by atoms with van der Waals surface area (Å²) in [7, 11) is 3.09. The van der Waals surface area contributed by atoms with E-state index in [1.54, 1.807) is 19.2 Å². The number of likely N-dealkylation sites (N-methyl/N-ethyl adjacent to an activating group) is 2. The number of rotatable bonds is 5. The fourth-order valence-corrected chi connectivity index (χ4v) is 4.50. The van der Waals surface area contributed by atoms with Gasteiger partial charge in [-0.1, -0.05) is 60.2 Å². The molecule has 1 saturated heterocycles. The van der Waals surface area contributed by atoms with Crippen molar-refractivity contribution >= 4 is 40.5 Å². The first-order chi connectivity index (χ1) is 14.9. The zero-order chi connectivity index (χ0) is 22.1. The molecule has 3 amide bonds. The number of Topliss-reactive ketones (excluding diaryl/α,β-unsaturated/α-hetero) is 1. The van der Waals surface area contributed by atoms with E-state index in [0.717, 1.165) is 16.0 Å². The van der Waals surface area contributed by atoms with Crippen LogP contribution in [0.4, 0.5) is 4.79 Å². The average Bonchev–Trinajstić information content (AvgIpc) is 3.15. The molecule has 2 aromatic carbocycles. The van der Waals surface area contributed by atoms with Gasteiger partial charge in [-0.3, -0.25) is 19.4 Å². The van der Waals surface area contributed by atoms with Crippen LogP contribution < -0.4 is 0 Å². The number of imide groups is 1.